The first kappa shape index (κ1) is 24.5. The molecular weight excluding hydrogens is 375 g/mol. The standard InChI is InChI=1S/C13H21N3O4.C2HF3O2/c1-5-19-12(18)11-16-15-9(20-11)7-6-8(17)10(14)13(2,3)4;3-2(4,5)1(6)7/h10H,5-7,14H2,1-4H3;(H,6,7)/t10-;/m1./s1. The van der Waals surface area contributed by atoms with Gasteiger partial charge in [0.15, 0.2) is 5.78 Å². The number of aliphatic carboxylic acids is 1. The lowest BCUT2D eigenvalue weighted by atomic mass is 9.84. The Bertz CT molecular complexity index is 652. The second-order valence-electron chi connectivity index (χ2n) is 6.33. The number of nitrogens with zero attached hydrogens (tertiary/aromatic N) is 2. The zero-order chi connectivity index (χ0) is 21.4. The van der Waals surface area contributed by atoms with Gasteiger partial charge >= 0.3 is 24.0 Å². The molecule has 154 valence electrons. The normalized spacial score (nSPS) is 12.6. The molecule has 1 heterocycles. The summed E-state index contributed by atoms with van der Waals surface area (Å²) in [4.78, 5) is 32.1. The lowest BCUT2D eigenvalue weighted by molar-refractivity contribution is -0.192. The number of Topliss-reactive ketones (excluding diaryl/α,β-unsaturated/α-hetero) is 1. The maximum absolute atomic E-state index is 11.9. The van der Waals surface area contributed by atoms with Crippen molar-refractivity contribution in [3.8, 4) is 0 Å². The van der Waals surface area contributed by atoms with Crippen molar-refractivity contribution < 1.29 is 41.8 Å². The van der Waals surface area contributed by atoms with E-state index < -0.39 is 24.2 Å². The van der Waals surface area contributed by atoms with Crippen LogP contribution in [0.4, 0.5) is 13.2 Å². The van der Waals surface area contributed by atoms with Crippen molar-refractivity contribution >= 4 is 17.7 Å². The smallest absolute Gasteiger partial charge is 0.475 e. The first-order valence-corrected chi connectivity index (χ1v) is 7.78. The van der Waals surface area contributed by atoms with Crippen molar-refractivity contribution in [3.63, 3.8) is 0 Å². The molecule has 1 aromatic heterocycles. The Morgan fingerprint density at radius 2 is 1.74 bits per heavy atom. The van der Waals surface area contributed by atoms with Crippen molar-refractivity contribution in [2.45, 2.75) is 52.8 Å². The van der Waals surface area contributed by atoms with Crippen LogP contribution < -0.4 is 5.73 Å². The number of carboxylic acid groups (broad SMARTS) is 1. The van der Waals surface area contributed by atoms with Crippen molar-refractivity contribution in [2.75, 3.05) is 6.61 Å². The lowest BCUT2D eigenvalue weighted by Crippen LogP contribution is -2.42. The number of aromatic nitrogens is 2. The molecule has 0 saturated heterocycles. The van der Waals surface area contributed by atoms with E-state index >= 15 is 0 Å². The minimum atomic E-state index is -5.08. The summed E-state index contributed by atoms with van der Waals surface area (Å²) in [5, 5.41) is 14.4. The Morgan fingerprint density at radius 1 is 1.22 bits per heavy atom. The van der Waals surface area contributed by atoms with Gasteiger partial charge in [0.2, 0.25) is 5.89 Å². The van der Waals surface area contributed by atoms with Crippen LogP contribution in [0.5, 0.6) is 0 Å². The van der Waals surface area contributed by atoms with E-state index in [0.717, 1.165) is 0 Å². The molecule has 0 unspecified atom stereocenters. The van der Waals surface area contributed by atoms with E-state index in [1.54, 1.807) is 6.92 Å². The van der Waals surface area contributed by atoms with Gasteiger partial charge in [-0.2, -0.15) is 13.2 Å². The molecule has 0 aliphatic rings. The van der Waals surface area contributed by atoms with Gasteiger partial charge in [0.1, 0.15) is 0 Å². The number of hydrogen-bond acceptors (Lipinski definition) is 8. The van der Waals surface area contributed by atoms with Gasteiger partial charge in [-0.3, -0.25) is 4.79 Å². The van der Waals surface area contributed by atoms with Gasteiger partial charge in [-0.05, 0) is 12.3 Å². The summed E-state index contributed by atoms with van der Waals surface area (Å²) in [5.41, 5.74) is 5.57. The molecule has 1 rings (SSSR count). The first-order chi connectivity index (χ1) is 12.2. The molecule has 12 heteroatoms. The highest BCUT2D eigenvalue weighted by molar-refractivity contribution is 5.85. The van der Waals surface area contributed by atoms with Crippen LogP contribution in [-0.2, 0) is 20.7 Å². The summed E-state index contributed by atoms with van der Waals surface area (Å²) in [6.07, 6.45) is -4.63. The second-order valence-corrected chi connectivity index (χ2v) is 6.33. The quantitative estimate of drug-likeness (QED) is 0.685. The van der Waals surface area contributed by atoms with E-state index in [9.17, 15) is 22.8 Å². The minimum Gasteiger partial charge on any atom is -0.475 e. The zero-order valence-electron chi connectivity index (χ0n) is 15.3. The number of alkyl halides is 3. The van der Waals surface area contributed by atoms with E-state index in [0.29, 0.717) is 0 Å². The summed E-state index contributed by atoms with van der Waals surface area (Å²) >= 11 is 0. The Morgan fingerprint density at radius 3 is 2.15 bits per heavy atom. The van der Waals surface area contributed by atoms with Gasteiger partial charge in [0, 0.05) is 12.8 Å². The molecule has 0 radical (unpaired) electrons. The molecule has 0 aromatic carbocycles. The number of aryl methyl sites for hydroxylation is 1. The van der Waals surface area contributed by atoms with Gasteiger partial charge in [0.05, 0.1) is 12.6 Å². The highest BCUT2D eigenvalue weighted by Gasteiger charge is 2.38. The fourth-order valence-electron chi connectivity index (χ4n) is 1.50. The van der Waals surface area contributed by atoms with Gasteiger partial charge in [-0.25, -0.2) is 9.59 Å². The molecule has 0 saturated carbocycles. The number of carboxylic acids is 1. The Balaban J connectivity index is 0.000000821. The number of carbonyl (C=O) groups is 3. The highest BCUT2D eigenvalue weighted by atomic mass is 19.4. The van der Waals surface area contributed by atoms with Crippen LogP contribution in [0, 0.1) is 5.41 Å². The lowest BCUT2D eigenvalue weighted by Gasteiger charge is -2.25. The molecule has 1 aromatic rings. The molecule has 9 nitrogen and oxygen atoms in total. The number of hydrogen-bond donors (Lipinski definition) is 2. The molecule has 0 spiro atoms. The Labute approximate surface area is 153 Å². The fourth-order valence-corrected chi connectivity index (χ4v) is 1.50. The van der Waals surface area contributed by atoms with Crippen molar-refractivity contribution in [2.24, 2.45) is 11.1 Å². The van der Waals surface area contributed by atoms with Crippen LogP contribution in [0.25, 0.3) is 0 Å². The first-order valence-electron chi connectivity index (χ1n) is 7.78. The van der Waals surface area contributed by atoms with E-state index in [1.165, 1.54) is 0 Å². The highest BCUT2D eigenvalue weighted by Crippen LogP contribution is 2.19. The minimum absolute atomic E-state index is 0.0756. The van der Waals surface area contributed by atoms with Crippen LogP contribution in [0.15, 0.2) is 4.42 Å². The number of nitrogens with two attached hydrogens (primary N) is 1. The summed E-state index contributed by atoms with van der Waals surface area (Å²) < 4.78 is 41.6. The second kappa shape index (κ2) is 10.00. The molecule has 0 fully saturated rings. The van der Waals surface area contributed by atoms with Crippen LogP contribution in [0.1, 0.15) is 50.7 Å². The van der Waals surface area contributed by atoms with E-state index in [-0.39, 0.29) is 42.4 Å². The number of esters is 1. The van der Waals surface area contributed by atoms with E-state index in [1.807, 2.05) is 20.8 Å². The van der Waals surface area contributed by atoms with Gasteiger partial charge < -0.3 is 20.0 Å². The number of ketones is 1. The van der Waals surface area contributed by atoms with Gasteiger partial charge in [-0.15, -0.1) is 10.2 Å². The van der Waals surface area contributed by atoms with Crippen molar-refractivity contribution in [1.82, 2.24) is 10.2 Å². The molecular formula is C15H22F3N3O6. The third kappa shape index (κ3) is 9.13. The molecule has 0 amide bonds. The van der Waals surface area contributed by atoms with Crippen molar-refractivity contribution in [3.05, 3.63) is 11.8 Å². The summed E-state index contributed by atoms with van der Waals surface area (Å²) in [7, 11) is 0. The third-order valence-electron chi connectivity index (χ3n) is 3.02. The molecule has 27 heavy (non-hydrogen) atoms. The summed E-state index contributed by atoms with van der Waals surface area (Å²) in [6.45, 7) is 7.63. The van der Waals surface area contributed by atoms with Crippen LogP contribution in [-0.4, -0.2) is 51.9 Å². The van der Waals surface area contributed by atoms with Gasteiger partial charge in [-0.1, -0.05) is 20.8 Å². The summed E-state index contributed by atoms with van der Waals surface area (Å²) in [5.74, 6) is -3.47. The van der Waals surface area contributed by atoms with Crippen LogP contribution in [0.3, 0.4) is 0 Å². The maximum atomic E-state index is 11.9. The summed E-state index contributed by atoms with van der Waals surface area (Å²) in [6, 6.07) is -0.546. The topological polar surface area (TPSA) is 146 Å². The number of carbonyl (C=O) groups excluding carboxylic acids is 2. The van der Waals surface area contributed by atoms with E-state index in [2.05, 4.69) is 10.2 Å². The van der Waals surface area contributed by atoms with Gasteiger partial charge in [0.25, 0.3) is 0 Å². The van der Waals surface area contributed by atoms with E-state index in [4.69, 9.17) is 24.8 Å². The molecule has 1 atom stereocenters. The van der Waals surface area contributed by atoms with Crippen molar-refractivity contribution in [1.29, 1.82) is 0 Å². The third-order valence-corrected chi connectivity index (χ3v) is 3.02. The maximum Gasteiger partial charge on any atom is 0.490 e. The number of halogens is 3. The predicted octanol–water partition coefficient (Wildman–Crippen LogP) is 1.75. The largest absolute Gasteiger partial charge is 0.490 e. The SMILES string of the molecule is CCOC(=O)c1nnc(CCC(=O)[C@@H](N)C(C)(C)C)o1.O=C(O)C(F)(F)F. The zero-order valence-corrected chi connectivity index (χ0v) is 15.3. The predicted molar refractivity (Wildman–Crippen MR) is 84.7 cm³/mol. The van der Waals surface area contributed by atoms with Crippen LogP contribution >= 0.6 is 0 Å². The average molecular weight is 397 g/mol. The number of ether oxygens (including phenoxy) is 1. The molecule has 0 aliphatic carbocycles. The number of rotatable bonds is 6. The molecule has 0 bridgehead atoms. The Kier molecular flexibility index (Phi) is 9.07. The molecule has 0 aliphatic heterocycles. The molecule has 3 N–H and O–H groups in total. The Hall–Kier alpha value is -2.50. The fraction of sp³-hybridized carbons (Fsp3) is 0.667. The monoisotopic (exact) mass is 397 g/mol. The average Bonchev–Trinajstić information content (AvgIpc) is 3.00. The van der Waals surface area contributed by atoms with Crippen LogP contribution in [0.2, 0.25) is 0 Å².